The predicted molar refractivity (Wildman–Crippen MR) is 96.2 cm³/mol. The highest BCUT2D eigenvalue weighted by Crippen LogP contribution is 2.21. The fraction of sp³-hybridized carbons (Fsp3) is 0.250. The fourth-order valence-electron chi connectivity index (χ4n) is 2.50. The molecule has 3 rings (SSSR count). The molecule has 1 heterocycles. The Morgan fingerprint density at radius 2 is 1.68 bits per heavy atom. The van der Waals surface area contributed by atoms with Crippen molar-refractivity contribution in [1.29, 1.82) is 0 Å². The summed E-state index contributed by atoms with van der Waals surface area (Å²) in [5, 5.41) is 7.69. The van der Waals surface area contributed by atoms with Crippen LogP contribution >= 0.6 is 0 Å². The molecule has 0 aliphatic carbocycles. The summed E-state index contributed by atoms with van der Waals surface area (Å²) in [6.07, 6.45) is 4.91. The van der Waals surface area contributed by atoms with Gasteiger partial charge in [0.15, 0.2) is 0 Å². The van der Waals surface area contributed by atoms with E-state index < -0.39 is 0 Å². The Balaban J connectivity index is 1.43. The summed E-state index contributed by atoms with van der Waals surface area (Å²) in [6.45, 7) is 4.70. The van der Waals surface area contributed by atoms with Gasteiger partial charge in [0.25, 0.3) is 0 Å². The normalized spacial score (nSPS) is 10.8. The summed E-state index contributed by atoms with van der Waals surface area (Å²) in [4.78, 5) is 0. The lowest BCUT2D eigenvalue weighted by atomic mass is 10.1. The van der Waals surface area contributed by atoms with Gasteiger partial charge in [-0.25, -0.2) is 4.39 Å². The summed E-state index contributed by atoms with van der Waals surface area (Å²) in [5.74, 6) is 1.11. The maximum absolute atomic E-state index is 12.9. The van der Waals surface area contributed by atoms with Crippen LogP contribution in [-0.2, 0) is 19.5 Å². The second-order valence-electron chi connectivity index (χ2n) is 5.83. The summed E-state index contributed by atoms with van der Waals surface area (Å²) < 4.78 is 20.5. The number of nitrogens with zero attached hydrogens (tertiary/aromatic N) is 2. The minimum atomic E-state index is -0.266. The van der Waals surface area contributed by atoms with Gasteiger partial charge in [-0.15, -0.1) is 0 Å². The SMILES string of the molecule is CCn1cc(CNCCc2ccc(Oc3ccc(F)cc3)cc2)cn1. The van der Waals surface area contributed by atoms with Gasteiger partial charge in [0, 0.05) is 24.8 Å². The molecule has 3 aromatic rings. The van der Waals surface area contributed by atoms with Gasteiger partial charge < -0.3 is 10.1 Å². The van der Waals surface area contributed by atoms with Crippen LogP contribution in [0.15, 0.2) is 60.9 Å². The van der Waals surface area contributed by atoms with Gasteiger partial charge in [-0.2, -0.15) is 5.10 Å². The topological polar surface area (TPSA) is 39.1 Å². The van der Waals surface area contributed by atoms with E-state index in [1.165, 1.54) is 23.3 Å². The smallest absolute Gasteiger partial charge is 0.127 e. The molecule has 0 fully saturated rings. The summed E-state index contributed by atoms with van der Waals surface area (Å²) in [5.41, 5.74) is 2.44. The molecule has 0 radical (unpaired) electrons. The lowest BCUT2D eigenvalue weighted by Crippen LogP contribution is -2.16. The number of hydrogen-bond acceptors (Lipinski definition) is 3. The van der Waals surface area contributed by atoms with Crippen molar-refractivity contribution in [3.05, 3.63) is 77.9 Å². The number of rotatable bonds is 8. The van der Waals surface area contributed by atoms with Crippen LogP contribution in [0, 0.1) is 5.82 Å². The molecule has 0 unspecified atom stereocenters. The van der Waals surface area contributed by atoms with Crippen molar-refractivity contribution in [3.63, 3.8) is 0 Å². The van der Waals surface area contributed by atoms with Gasteiger partial charge in [-0.1, -0.05) is 12.1 Å². The monoisotopic (exact) mass is 339 g/mol. The average Bonchev–Trinajstić information content (AvgIpc) is 3.10. The van der Waals surface area contributed by atoms with E-state index in [0.29, 0.717) is 5.75 Å². The maximum Gasteiger partial charge on any atom is 0.127 e. The number of nitrogens with one attached hydrogen (secondary N) is 1. The Hall–Kier alpha value is -2.66. The van der Waals surface area contributed by atoms with Crippen molar-refractivity contribution < 1.29 is 9.13 Å². The molecule has 4 nitrogen and oxygen atoms in total. The highest BCUT2D eigenvalue weighted by Gasteiger charge is 2.00. The number of aryl methyl sites for hydroxylation is 1. The Morgan fingerprint density at radius 3 is 2.32 bits per heavy atom. The van der Waals surface area contributed by atoms with Crippen molar-refractivity contribution in [3.8, 4) is 11.5 Å². The minimum absolute atomic E-state index is 0.266. The van der Waals surface area contributed by atoms with Gasteiger partial charge in [0.2, 0.25) is 0 Å². The zero-order valence-electron chi connectivity index (χ0n) is 14.3. The van der Waals surface area contributed by atoms with Crippen LogP contribution in [0.3, 0.4) is 0 Å². The first kappa shape index (κ1) is 17.2. The highest BCUT2D eigenvalue weighted by atomic mass is 19.1. The first-order valence-corrected chi connectivity index (χ1v) is 8.47. The van der Waals surface area contributed by atoms with Crippen molar-refractivity contribution >= 4 is 0 Å². The van der Waals surface area contributed by atoms with E-state index in [0.717, 1.165) is 31.8 Å². The molecule has 1 aromatic heterocycles. The highest BCUT2D eigenvalue weighted by molar-refractivity contribution is 5.33. The Morgan fingerprint density at radius 1 is 1.00 bits per heavy atom. The third kappa shape index (κ3) is 5.16. The van der Waals surface area contributed by atoms with Crippen molar-refractivity contribution in [1.82, 2.24) is 15.1 Å². The van der Waals surface area contributed by atoms with Crippen LogP contribution in [0.5, 0.6) is 11.5 Å². The van der Waals surface area contributed by atoms with Gasteiger partial charge >= 0.3 is 0 Å². The van der Waals surface area contributed by atoms with Crippen LogP contribution in [0.1, 0.15) is 18.1 Å². The average molecular weight is 339 g/mol. The molecule has 0 spiro atoms. The van der Waals surface area contributed by atoms with Gasteiger partial charge in [0.05, 0.1) is 6.20 Å². The number of hydrogen-bond donors (Lipinski definition) is 1. The first-order valence-electron chi connectivity index (χ1n) is 8.47. The van der Waals surface area contributed by atoms with E-state index in [9.17, 15) is 4.39 Å². The number of halogens is 1. The lowest BCUT2D eigenvalue weighted by Gasteiger charge is -2.07. The van der Waals surface area contributed by atoms with Gasteiger partial charge in [-0.3, -0.25) is 4.68 Å². The molecule has 0 bridgehead atoms. The van der Waals surface area contributed by atoms with Gasteiger partial charge in [0.1, 0.15) is 17.3 Å². The van der Waals surface area contributed by atoms with Crippen molar-refractivity contribution in [2.45, 2.75) is 26.4 Å². The summed E-state index contributed by atoms with van der Waals surface area (Å²) >= 11 is 0. The van der Waals surface area contributed by atoms with Crippen molar-refractivity contribution in [2.75, 3.05) is 6.54 Å². The van der Waals surface area contributed by atoms with Crippen LogP contribution in [0.4, 0.5) is 4.39 Å². The maximum atomic E-state index is 12.9. The van der Waals surface area contributed by atoms with Crippen molar-refractivity contribution in [2.24, 2.45) is 0 Å². The number of benzene rings is 2. The van der Waals surface area contributed by atoms with E-state index in [2.05, 4.69) is 35.7 Å². The third-order valence-corrected chi connectivity index (χ3v) is 3.90. The molecule has 0 saturated heterocycles. The van der Waals surface area contributed by atoms with Crippen LogP contribution in [-0.4, -0.2) is 16.3 Å². The largest absolute Gasteiger partial charge is 0.457 e. The summed E-state index contributed by atoms with van der Waals surface area (Å²) in [6, 6.07) is 14.0. The lowest BCUT2D eigenvalue weighted by molar-refractivity contribution is 0.480. The van der Waals surface area contributed by atoms with Gasteiger partial charge in [-0.05, 0) is 61.9 Å². The minimum Gasteiger partial charge on any atom is -0.457 e. The quantitative estimate of drug-likeness (QED) is 0.626. The zero-order valence-corrected chi connectivity index (χ0v) is 14.3. The summed E-state index contributed by atoms with van der Waals surface area (Å²) in [7, 11) is 0. The number of ether oxygens (including phenoxy) is 1. The molecule has 130 valence electrons. The molecule has 5 heteroatoms. The molecule has 0 saturated carbocycles. The molecule has 0 amide bonds. The zero-order chi connectivity index (χ0) is 17.5. The van der Waals surface area contributed by atoms with E-state index in [4.69, 9.17) is 4.74 Å². The van der Waals surface area contributed by atoms with Crippen LogP contribution < -0.4 is 10.1 Å². The molecule has 0 aliphatic rings. The third-order valence-electron chi connectivity index (χ3n) is 3.90. The van der Waals surface area contributed by atoms with Crippen LogP contribution in [0.2, 0.25) is 0 Å². The first-order chi connectivity index (χ1) is 12.2. The van der Waals surface area contributed by atoms with E-state index in [1.807, 2.05) is 23.0 Å². The second kappa shape index (κ2) is 8.44. The molecule has 2 aromatic carbocycles. The fourth-order valence-corrected chi connectivity index (χ4v) is 2.50. The molecule has 0 aliphatic heterocycles. The molecular weight excluding hydrogens is 317 g/mol. The number of aromatic nitrogens is 2. The molecular formula is C20H22FN3O. The Kier molecular flexibility index (Phi) is 5.80. The Bertz CT molecular complexity index is 781. The van der Waals surface area contributed by atoms with E-state index >= 15 is 0 Å². The van der Waals surface area contributed by atoms with Crippen LogP contribution in [0.25, 0.3) is 0 Å². The predicted octanol–water partition coefficient (Wildman–Crippen LogP) is 4.17. The van der Waals surface area contributed by atoms with E-state index in [-0.39, 0.29) is 5.82 Å². The van der Waals surface area contributed by atoms with E-state index in [1.54, 1.807) is 12.1 Å². The Labute approximate surface area is 147 Å². The molecule has 1 N–H and O–H groups in total. The second-order valence-corrected chi connectivity index (χ2v) is 5.83. The molecule has 25 heavy (non-hydrogen) atoms. The molecule has 0 atom stereocenters. The standard InChI is InChI=1S/C20H22FN3O/c1-2-24-15-17(14-23-24)13-22-12-11-16-3-7-19(8-4-16)25-20-9-5-18(21)6-10-20/h3-10,14-15,22H,2,11-13H2,1H3.